The summed E-state index contributed by atoms with van der Waals surface area (Å²) in [6, 6.07) is 0. The summed E-state index contributed by atoms with van der Waals surface area (Å²) >= 11 is 0. The van der Waals surface area contributed by atoms with E-state index in [1.807, 2.05) is 26.0 Å². The highest BCUT2D eigenvalue weighted by molar-refractivity contribution is 5.92. The first-order valence-corrected chi connectivity index (χ1v) is 7.06. The molecule has 1 heterocycles. The number of carbonyl (C=O) groups excluding carboxylic acids is 2. The van der Waals surface area contributed by atoms with Gasteiger partial charge >= 0.3 is 11.9 Å². The zero-order chi connectivity index (χ0) is 15.3. The first-order valence-electron chi connectivity index (χ1n) is 7.06. The molecule has 1 fully saturated rings. The van der Waals surface area contributed by atoms with Gasteiger partial charge in [-0.05, 0) is 25.0 Å². The monoisotopic (exact) mass is 286 g/mol. The molecule has 0 bridgehead atoms. The average molecular weight is 286 g/mol. The smallest absolute Gasteiger partial charge is 0.334 e. The van der Waals surface area contributed by atoms with Gasteiger partial charge in [0, 0.05) is 24.5 Å². The van der Waals surface area contributed by atoms with E-state index in [0.717, 1.165) is 22.3 Å². The number of hydrogen-bond donors (Lipinski definition) is 0. The third-order valence-corrected chi connectivity index (χ3v) is 4.41. The number of esters is 2. The van der Waals surface area contributed by atoms with Crippen LogP contribution in [0.2, 0.25) is 0 Å². The molecule has 21 heavy (non-hydrogen) atoms. The fraction of sp³-hybridized carbons (Fsp3) is 0.412. The van der Waals surface area contributed by atoms with Gasteiger partial charge in [0.2, 0.25) is 0 Å². The predicted molar refractivity (Wildman–Crippen MR) is 77.2 cm³/mol. The van der Waals surface area contributed by atoms with Gasteiger partial charge in [-0.1, -0.05) is 24.3 Å². The van der Waals surface area contributed by atoms with Gasteiger partial charge in [-0.3, -0.25) is 4.79 Å². The van der Waals surface area contributed by atoms with Crippen molar-refractivity contribution in [3.05, 3.63) is 46.6 Å². The topological polar surface area (TPSA) is 52.6 Å². The lowest BCUT2D eigenvalue weighted by atomic mass is 9.86. The molecular formula is C17H18O4. The Bertz CT molecular complexity index is 648. The molecule has 0 aromatic heterocycles. The summed E-state index contributed by atoms with van der Waals surface area (Å²) in [4.78, 5) is 23.3. The van der Waals surface area contributed by atoms with Gasteiger partial charge in [0.1, 0.15) is 12.2 Å². The highest BCUT2D eigenvalue weighted by atomic mass is 16.6. The van der Waals surface area contributed by atoms with Crippen molar-refractivity contribution in [3.8, 4) is 0 Å². The Labute approximate surface area is 123 Å². The minimum atomic E-state index is -0.406. The maximum atomic E-state index is 11.9. The Hall–Kier alpha value is -2.10. The van der Waals surface area contributed by atoms with Gasteiger partial charge in [0.05, 0.1) is 5.92 Å². The highest BCUT2D eigenvalue weighted by Crippen LogP contribution is 2.46. The molecule has 2 aliphatic carbocycles. The molecule has 0 saturated carbocycles. The van der Waals surface area contributed by atoms with E-state index in [9.17, 15) is 9.59 Å². The number of hydrogen-bond acceptors (Lipinski definition) is 4. The first-order chi connectivity index (χ1) is 9.90. The third kappa shape index (κ3) is 2.06. The number of rotatable bonds is 1. The summed E-state index contributed by atoms with van der Waals surface area (Å²) in [5, 5.41) is 0. The quantitative estimate of drug-likeness (QED) is 0.549. The zero-order valence-corrected chi connectivity index (χ0v) is 12.4. The van der Waals surface area contributed by atoms with E-state index in [1.165, 1.54) is 6.92 Å². The standard InChI is InChI=1S/C17H18O4/c1-8-5-6-12-9(2)7-13(20-11(4)18)15-10(3)17(19)21-16(15)14(8)12/h5-6,13,15-16H,3,7H2,1-2,4H3. The van der Waals surface area contributed by atoms with E-state index in [2.05, 4.69) is 6.58 Å². The summed E-state index contributed by atoms with van der Waals surface area (Å²) in [5.74, 6) is -1.05. The van der Waals surface area contributed by atoms with E-state index in [4.69, 9.17) is 9.47 Å². The molecular weight excluding hydrogens is 268 g/mol. The molecule has 3 atom stereocenters. The Morgan fingerprint density at radius 2 is 2.10 bits per heavy atom. The van der Waals surface area contributed by atoms with Crippen LogP contribution in [-0.4, -0.2) is 24.1 Å². The highest BCUT2D eigenvalue weighted by Gasteiger charge is 2.49. The predicted octanol–water partition coefficient (Wildman–Crippen LogP) is 2.62. The van der Waals surface area contributed by atoms with Crippen LogP contribution in [0.5, 0.6) is 0 Å². The lowest BCUT2D eigenvalue weighted by Crippen LogP contribution is -2.32. The van der Waals surface area contributed by atoms with Crippen LogP contribution in [0.15, 0.2) is 46.6 Å². The van der Waals surface area contributed by atoms with Gasteiger partial charge in [0.25, 0.3) is 0 Å². The van der Waals surface area contributed by atoms with Crippen molar-refractivity contribution >= 4 is 11.9 Å². The molecule has 110 valence electrons. The van der Waals surface area contributed by atoms with Crippen LogP contribution in [-0.2, 0) is 19.1 Å². The molecule has 0 N–H and O–H groups in total. The summed E-state index contributed by atoms with van der Waals surface area (Å²) in [7, 11) is 0. The van der Waals surface area contributed by atoms with Crippen molar-refractivity contribution in [1.82, 2.24) is 0 Å². The first kappa shape index (κ1) is 13.9. The van der Waals surface area contributed by atoms with Crippen LogP contribution in [0.1, 0.15) is 27.2 Å². The summed E-state index contributed by atoms with van der Waals surface area (Å²) in [6.07, 6.45) is 3.86. The largest absolute Gasteiger partial charge is 0.461 e. The van der Waals surface area contributed by atoms with E-state index in [1.54, 1.807) is 0 Å². The van der Waals surface area contributed by atoms with E-state index in [0.29, 0.717) is 12.0 Å². The molecule has 0 aromatic carbocycles. The minimum Gasteiger partial charge on any atom is -0.461 e. The second-order valence-electron chi connectivity index (χ2n) is 5.85. The van der Waals surface area contributed by atoms with Gasteiger partial charge in [-0.2, -0.15) is 0 Å². The molecule has 1 aliphatic heterocycles. The number of fused-ring (bicyclic) bond motifs is 3. The summed E-state index contributed by atoms with van der Waals surface area (Å²) in [5.41, 5.74) is 4.75. The van der Waals surface area contributed by atoms with Crippen molar-refractivity contribution in [3.63, 3.8) is 0 Å². The number of carbonyl (C=O) groups is 2. The van der Waals surface area contributed by atoms with Crippen LogP contribution in [0.3, 0.4) is 0 Å². The maximum Gasteiger partial charge on any atom is 0.334 e. The Morgan fingerprint density at radius 3 is 2.76 bits per heavy atom. The van der Waals surface area contributed by atoms with Crippen molar-refractivity contribution in [2.24, 2.45) is 5.92 Å². The lowest BCUT2D eigenvalue weighted by molar-refractivity contribution is -0.149. The van der Waals surface area contributed by atoms with Crippen LogP contribution in [0, 0.1) is 5.92 Å². The van der Waals surface area contributed by atoms with E-state index >= 15 is 0 Å². The number of ether oxygens (including phenoxy) is 2. The molecule has 4 heteroatoms. The van der Waals surface area contributed by atoms with Crippen molar-refractivity contribution in [1.29, 1.82) is 0 Å². The Balaban J connectivity index is 2.11. The molecule has 3 unspecified atom stereocenters. The lowest BCUT2D eigenvalue weighted by Gasteiger charge is -2.25. The summed E-state index contributed by atoms with van der Waals surface area (Å²) < 4.78 is 11.0. The molecule has 4 nitrogen and oxygen atoms in total. The van der Waals surface area contributed by atoms with Gasteiger partial charge < -0.3 is 9.47 Å². The third-order valence-electron chi connectivity index (χ3n) is 4.41. The summed E-state index contributed by atoms with van der Waals surface area (Å²) in [6.45, 7) is 9.27. The normalized spacial score (nSPS) is 31.1. The molecule has 3 rings (SSSR count). The second kappa shape index (κ2) is 4.72. The van der Waals surface area contributed by atoms with E-state index < -0.39 is 18.2 Å². The van der Waals surface area contributed by atoms with Gasteiger partial charge in [-0.25, -0.2) is 4.79 Å². The molecule has 1 saturated heterocycles. The average Bonchev–Trinajstić information content (AvgIpc) is 2.86. The molecule has 0 radical (unpaired) electrons. The van der Waals surface area contributed by atoms with Crippen LogP contribution in [0.25, 0.3) is 0 Å². The Morgan fingerprint density at radius 1 is 1.38 bits per heavy atom. The Kier molecular flexibility index (Phi) is 3.12. The van der Waals surface area contributed by atoms with Gasteiger partial charge in [0.15, 0.2) is 0 Å². The fourth-order valence-corrected chi connectivity index (χ4v) is 3.46. The molecule has 0 spiro atoms. The van der Waals surface area contributed by atoms with Crippen LogP contribution in [0.4, 0.5) is 0 Å². The molecule has 3 aliphatic rings. The minimum absolute atomic E-state index is 0.307. The fourth-order valence-electron chi connectivity index (χ4n) is 3.46. The maximum absolute atomic E-state index is 11.9. The van der Waals surface area contributed by atoms with Crippen molar-refractivity contribution < 1.29 is 19.1 Å². The van der Waals surface area contributed by atoms with Crippen LogP contribution < -0.4 is 0 Å². The molecule has 0 aromatic rings. The number of allylic oxidation sites excluding steroid dienone is 3. The van der Waals surface area contributed by atoms with E-state index in [-0.39, 0.29) is 11.9 Å². The van der Waals surface area contributed by atoms with Crippen LogP contribution >= 0.6 is 0 Å². The van der Waals surface area contributed by atoms with Gasteiger partial charge in [-0.15, -0.1) is 0 Å². The van der Waals surface area contributed by atoms with Crippen molar-refractivity contribution in [2.75, 3.05) is 0 Å². The zero-order valence-electron chi connectivity index (χ0n) is 12.4. The molecule has 0 amide bonds. The van der Waals surface area contributed by atoms with Crippen molar-refractivity contribution in [2.45, 2.75) is 39.4 Å². The SMILES string of the molecule is C=C1C(=O)OC2C3=C(C)C=CC3=C(C)CC(OC(C)=O)C12. The second-order valence-corrected chi connectivity index (χ2v) is 5.85.